The summed E-state index contributed by atoms with van der Waals surface area (Å²) in [4.78, 5) is 49.8. The number of para-hydroxylation sites is 1. The van der Waals surface area contributed by atoms with Gasteiger partial charge < -0.3 is 0 Å². The van der Waals surface area contributed by atoms with Crippen molar-refractivity contribution in [3.05, 3.63) is 286 Å². The van der Waals surface area contributed by atoms with Gasteiger partial charge >= 0.3 is 0 Å². The van der Waals surface area contributed by atoms with Crippen LogP contribution in [0.5, 0.6) is 0 Å². The number of ketones is 2. The van der Waals surface area contributed by atoms with Crippen molar-refractivity contribution < 1.29 is 9.59 Å². The molecular formula is C112H176N6O2. The number of aromatic nitrogens is 2. The number of hydrogen-bond donors (Lipinski definition) is 0. The fraction of sp³-hybridized carbons (Fsp3) is 0.500. The highest BCUT2D eigenvalue weighted by Crippen LogP contribution is 2.40. The molecule has 0 bridgehead atoms. The molecule has 0 saturated heterocycles. The third kappa shape index (κ3) is 49.8. The molecule has 6 atom stereocenters. The number of Topliss-reactive ketones (excluding diaryl/α,β-unsaturated/α-hetero) is 2. The molecule has 15 rings (SSSR count). The zero-order valence-electron chi connectivity index (χ0n) is 82.8. The number of nitrogens with zero attached hydrogens (tertiary/aromatic N) is 6. The summed E-state index contributed by atoms with van der Waals surface area (Å²) in [5.74, 6) is 5.57. The first-order valence-electron chi connectivity index (χ1n) is 47.3. The highest BCUT2D eigenvalue weighted by atomic mass is 16.1. The van der Waals surface area contributed by atoms with Crippen LogP contribution >= 0.6 is 0 Å². The summed E-state index contributed by atoms with van der Waals surface area (Å²) >= 11 is 0. The molecule has 9 aromatic rings. The van der Waals surface area contributed by atoms with E-state index in [0.717, 1.165) is 102 Å². The molecule has 0 amide bonds. The molecule has 8 heteroatoms. The van der Waals surface area contributed by atoms with Crippen molar-refractivity contribution in [3.8, 4) is 0 Å². The van der Waals surface area contributed by atoms with Gasteiger partial charge in [-0.05, 0) is 128 Å². The maximum Gasteiger partial charge on any atom is 0.184 e. The molecule has 120 heavy (non-hydrogen) atoms. The standard InChI is InChI=1S/C12H21N.C12H15N.C11H12N2.C11H17NO.C11H11NO.5C7H8.10C2H6/c2*1-3-12-11-7-5-4-6-10(11)9(2)8-13-12;1-3-11-12-8(2)9-6-4-5-7-10(9)13-11;2*1-2-10-8-5-3-4-6-9(8)11(13)7-12-10;5*1-7-5-3-2-4-6-7;10*1-2/h9-11H,3-8H2,1-2H3;4-7,9H,3,8H2,1-2H3;4-7H,3H2,1-2H3;8-9H,2-7H2,1H3;3-6H,2,7H2,1H3;5*2-6H,1H3;10*1-2H3. The van der Waals surface area contributed by atoms with Crippen LogP contribution in [0, 0.1) is 71.1 Å². The zero-order chi connectivity index (χ0) is 91.9. The molecule has 1 aromatic heterocycles. The third-order valence-corrected chi connectivity index (χ3v) is 19.2. The molecule has 8 nitrogen and oxygen atoms in total. The van der Waals surface area contributed by atoms with Crippen molar-refractivity contribution in [2.45, 2.75) is 318 Å². The molecule has 8 aromatic carbocycles. The Labute approximate surface area is 740 Å². The van der Waals surface area contributed by atoms with Crippen molar-refractivity contribution in [1.82, 2.24) is 9.97 Å². The first-order chi connectivity index (χ1) is 58.6. The summed E-state index contributed by atoms with van der Waals surface area (Å²) in [5.41, 5.74) is 18.6. The minimum atomic E-state index is 0.132. The van der Waals surface area contributed by atoms with Crippen LogP contribution in [0.25, 0.3) is 10.9 Å². The normalized spacial score (nSPS) is 16.0. The number of aryl methyl sites for hydroxylation is 7. The maximum atomic E-state index is 11.6. The molecule has 5 heterocycles. The molecule has 0 spiro atoms. The molecule has 2 saturated carbocycles. The minimum Gasteiger partial charge on any atom is -0.297 e. The van der Waals surface area contributed by atoms with Crippen LogP contribution in [-0.4, -0.2) is 70.6 Å². The van der Waals surface area contributed by atoms with Crippen LogP contribution in [0.3, 0.4) is 0 Å². The molecule has 0 N–H and O–H groups in total. The Morgan fingerprint density at radius 1 is 0.308 bits per heavy atom. The van der Waals surface area contributed by atoms with E-state index in [2.05, 4.69) is 199 Å². The van der Waals surface area contributed by atoms with Crippen molar-refractivity contribution in [3.63, 3.8) is 0 Å². The number of carbonyl (C=O) groups is 2. The Morgan fingerprint density at radius 3 is 1.06 bits per heavy atom. The van der Waals surface area contributed by atoms with Gasteiger partial charge in [-0.15, -0.1) is 0 Å². The first kappa shape index (κ1) is 120. The molecule has 666 valence electrons. The van der Waals surface area contributed by atoms with E-state index >= 15 is 0 Å². The number of fused-ring (bicyclic) bond motifs is 5. The number of benzene rings is 8. The second-order valence-electron chi connectivity index (χ2n) is 26.9. The summed E-state index contributed by atoms with van der Waals surface area (Å²) in [5, 5.41) is 1.15. The van der Waals surface area contributed by atoms with E-state index in [9.17, 15) is 9.59 Å². The van der Waals surface area contributed by atoms with Crippen LogP contribution < -0.4 is 0 Å². The van der Waals surface area contributed by atoms with Gasteiger partial charge in [-0.2, -0.15) is 0 Å². The Bertz CT molecular complexity index is 3720. The number of aliphatic imine (C=N–C) groups is 4. The van der Waals surface area contributed by atoms with Gasteiger partial charge in [-0.1, -0.05) is 459 Å². The lowest BCUT2D eigenvalue weighted by Gasteiger charge is -2.39. The average Bonchev–Trinajstić information content (AvgIpc) is 0.825. The number of carbonyl (C=O) groups excluding carboxylic acids is 2. The lowest BCUT2D eigenvalue weighted by atomic mass is 9.69. The van der Waals surface area contributed by atoms with E-state index in [0.29, 0.717) is 36.6 Å². The molecule has 4 aliphatic heterocycles. The van der Waals surface area contributed by atoms with Gasteiger partial charge in [0.1, 0.15) is 12.4 Å². The second kappa shape index (κ2) is 82.4. The van der Waals surface area contributed by atoms with E-state index in [1.54, 1.807) is 0 Å². The Kier molecular flexibility index (Phi) is 82.2. The summed E-state index contributed by atoms with van der Waals surface area (Å²) in [7, 11) is 0. The number of hydrogen-bond acceptors (Lipinski definition) is 8. The highest BCUT2D eigenvalue weighted by molar-refractivity contribution is 6.15. The minimum absolute atomic E-state index is 0.132. The van der Waals surface area contributed by atoms with Gasteiger partial charge in [0.25, 0.3) is 0 Å². The molecule has 6 unspecified atom stereocenters. The van der Waals surface area contributed by atoms with E-state index in [-0.39, 0.29) is 5.78 Å². The molecule has 2 aliphatic carbocycles. The molecule has 6 aliphatic rings. The third-order valence-electron chi connectivity index (χ3n) is 19.2. The number of rotatable bonds is 5. The SMILES string of the molecule is CC.CC.CC.CC.CC.CC.CC.CC.CC.CC.CCC1=NCC(=O)C2CCCCC12.CCC1=NCC(=O)c2ccccc21.CCC1=NCC(C)C2CCCCC12.CCC1=NCC(C)c2ccccc21.CCc1nc(C)c2ccccc2n1.Cc1ccccc1.Cc1ccccc1.Cc1ccccc1.Cc1ccccc1.Cc1ccccc1. The fourth-order valence-corrected chi connectivity index (χ4v) is 13.5. The smallest absolute Gasteiger partial charge is 0.184 e. The Balaban J connectivity index is -0.000000402. The Hall–Kier alpha value is -8.88. The van der Waals surface area contributed by atoms with E-state index in [4.69, 9.17) is 4.99 Å². The van der Waals surface area contributed by atoms with Gasteiger partial charge in [0, 0.05) is 82.3 Å². The first-order valence-corrected chi connectivity index (χ1v) is 47.3. The fourth-order valence-electron chi connectivity index (χ4n) is 13.5. The van der Waals surface area contributed by atoms with E-state index < -0.39 is 0 Å². The van der Waals surface area contributed by atoms with Gasteiger partial charge in [-0.3, -0.25) is 29.6 Å². The lowest BCUT2D eigenvalue weighted by Crippen LogP contribution is -2.37. The van der Waals surface area contributed by atoms with Crippen LogP contribution in [0.15, 0.2) is 244 Å². The summed E-state index contributed by atoms with van der Waals surface area (Å²) in [6.45, 7) is 70.6. The van der Waals surface area contributed by atoms with Crippen molar-refractivity contribution in [2.24, 2.45) is 49.6 Å². The summed E-state index contributed by atoms with van der Waals surface area (Å²) in [6, 6.07) is 75.7. The lowest BCUT2D eigenvalue weighted by molar-refractivity contribution is -0.123. The zero-order valence-corrected chi connectivity index (χ0v) is 82.8. The van der Waals surface area contributed by atoms with Gasteiger partial charge in [0.05, 0.1) is 12.1 Å². The van der Waals surface area contributed by atoms with Crippen LogP contribution in [0.2, 0.25) is 0 Å². The van der Waals surface area contributed by atoms with Gasteiger partial charge in [-0.25, -0.2) is 9.97 Å². The maximum absolute atomic E-state index is 11.6. The predicted molar refractivity (Wildman–Crippen MR) is 542 cm³/mol. The Morgan fingerprint density at radius 2 is 0.658 bits per heavy atom. The quantitative estimate of drug-likeness (QED) is 0.171. The topological polar surface area (TPSA) is 109 Å². The van der Waals surface area contributed by atoms with Crippen LogP contribution in [-0.2, 0) is 11.2 Å². The van der Waals surface area contributed by atoms with Crippen LogP contribution in [0.4, 0.5) is 0 Å². The second-order valence-corrected chi connectivity index (χ2v) is 26.9. The summed E-state index contributed by atoms with van der Waals surface area (Å²) < 4.78 is 0. The van der Waals surface area contributed by atoms with E-state index in [1.807, 2.05) is 279 Å². The monoisotopic (exact) mass is 1640 g/mol. The van der Waals surface area contributed by atoms with Crippen LogP contribution in [0.1, 0.15) is 336 Å². The molecule has 0 radical (unpaired) electrons. The summed E-state index contributed by atoms with van der Waals surface area (Å²) in [6.07, 6.45) is 15.7. The molecular weight excluding hydrogens is 1460 g/mol. The van der Waals surface area contributed by atoms with Gasteiger partial charge in [0.15, 0.2) is 11.6 Å². The van der Waals surface area contributed by atoms with E-state index in [1.165, 1.54) is 107 Å². The van der Waals surface area contributed by atoms with Gasteiger partial charge in [0.2, 0.25) is 0 Å². The molecule has 2 fully saturated rings. The highest BCUT2D eigenvalue weighted by Gasteiger charge is 2.36. The largest absolute Gasteiger partial charge is 0.297 e. The van der Waals surface area contributed by atoms with Crippen molar-refractivity contribution in [2.75, 3.05) is 26.2 Å². The van der Waals surface area contributed by atoms with Crippen molar-refractivity contribution in [1.29, 1.82) is 0 Å². The van der Waals surface area contributed by atoms with Crippen molar-refractivity contribution >= 4 is 45.3 Å². The predicted octanol–water partition coefficient (Wildman–Crippen LogP) is 33.3. The average molecular weight is 1640 g/mol.